The molecule has 6 nitrogen and oxygen atoms in total. The number of nitrogens with one attached hydrogen (secondary N) is 1. The van der Waals surface area contributed by atoms with Crippen LogP contribution in [0.5, 0.6) is 11.5 Å². The molecule has 1 N–H and O–H groups in total. The van der Waals surface area contributed by atoms with Crippen LogP contribution in [0, 0.1) is 18.8 Å². The molecule has 9 aromatic rings. The van der Waals surface area contributed by atoms with Crippen molar-refractivity contribution in [2.24, 2.45) is 0 Å². The Hall–Kier alpha value is -6.10. The largest absolute Gasteiger partial charge is 0.509 e. The molecule has 1 aliphatic carbocycles. The van der Waals surface area contributed by atoms with Crippen molar-refractivity contribution in [3.8, 4) is 28.6 Å². The Kier molecular flexibility index (Phi) is 9.83. The number of hydrogen-bond acceptors (Lipinski definition) is 4. The average Bonchev–Trinajstić information content (AvgIpc) is 4.02. The van der Waals surface area contributed by atoms with Crippen LogP contribution in [0.1, 0.15) is 128 Å². The molecule has 12 rings (SSSR count). The Balaban J connectivity index is 0.00000520. The number of fused-ring (bicyclic) bond motifs is 13. The minimum absolute atomic E-state index is 0. The fourth-order valence-electron chi connectivity index (χ4n) is 11.5. The van der Waals surface area contributed by atoms with Gasteiger partial charge in [0.15, 0.2) is 0 Å². The van der Waals surface area contributed by atoms with Gasteiger partial charge in [-0.25, -0.2) is 4.98 Å². The summed E-state index contributed by atoms with van der Waals surface area (Å²) in [5.41, 5.74) is 19.4. The summed E-state index contributed by atoms with van der Waals surface area (Å²) in [6, 6.07) is 50.0. The van der Waals surface area contributed by atoms with Crippen LogP contribution < -0.4 is 14.5 Å². The fraction of sp³-hybridized carbons (Fsp3) is 0.290. The van der Waals surface area contributed by atoms with Gasteiger partial charge in [-0.15, -0.1) is 35.2 Å². The predicted molar refractivity (Wildman–Crippen MR) is 282 cm³/mol. The summed E-state index contributed by atoms with van der Waals surface area (Å²) in [6.07, 6.45) is 0. The van der Waals surface area contributed by atoms with Crippen LogP contribution in [0.3, 0.4) is 0 Å². The van der Waals surface area contributed by atoms with E-state index in [0.29, 0.717) is 11.5 Å². The molecular formula is C62H60N5OPt-3. The third-order valence-corrected chi connectivity index (χ3v) is 14.9. The van der Waals surface area contributed by atoms with E-state index >= 15 is 0 Å². The van der Waals surface area contributed by atoms with Gasteiger partial charge >= 0.3 is 0 Å². The van der Waals surface area contributed by atoms with Crippen LogP contribution in [-0.2, 0) is 48.1 Å². The zero-order chi connectivity index (χ0) is 47.6. The number of H-pyrrole nitrogens is 1. The number of aromatic amines is 1. The van der Waals surface area contributed by atoms with Gasteiger partial charge in [-0.1, -0.05) is 161 Å². The Morgan fingerprint density at radius 3 is 1.86 bits per heavy atom. The smallest absolute Gasteiger partial charge is 0.211 e. The minimum atomic E-state index is -0.674. The van der Waals surface area contributed by atoms with E-state index in [4.69, 9.17) is 9.72 Å². The Bertz CT molecular complexity index is 3490. The van der Waals surface area contributed by atoms with E-state index in [-0.39, 0.29) is 42.7 Å². The van der Waals surface area contributed by atoms with Crippen molar-refractivity contribution in [2.75, 3.05) is 16.8 Å². The predicted octanol–water partition coefficient (Wildman–Crippen LogP) is 15.6. The first-order valence-corrected chi connectivity index (χ1v) is 24.2. The van der Waals surface area contributed by atoms with Crippen molar-refractivity contribution in [3.63, 3.8) is 0 Å². The maximum absolute atomic E-state index is 6.97. The molecule has 0 saturated heterocycles. The Labute approximate surface area is 422 Å². The monoisotopic (exact) mass is 1090 g/mol. The maximum Gasteiger partial charge on any atom is 0.211 e. The molecule has 2 aromatic heterocycles. The SMILES string of the molecule is CN1[CH-]N2c3[c-]c(Oc4[c-]c5c(cc4)c4ccccc4n5-c4nc5ccccc5[nH]4)ccc3C3(c4cccc1c42)c1c(cc(C(C)(C)C)cc1C(C)(C)C)-c1cc(C(C)(C)C)cc(C(C)(C)C)c13.[Pt]. The van der Waals surface area contributed by atoms with Gasteiger partial charge in [-0.3, -0.25) is 0 Å². The number of hydrogen-bond donors (Lipinski definition) is 1. The van der Waals surface area contributed by atoms with Crippen LogP contribution in [0.2, 0.25) is 0 Å². The summed E-state index contributed by atoms with van der Waals surface area (Å²) in [5.74, 6) is 1.97. The molecule has 1 spiro atoms. The van der Waals surface area contributed by atoms with Gasteiger partial charge in [0.2, 0.25) is 5.95 Å². The molecule has 0 radical (unpaired) electrons. The number of para-hydroxylation sites is 4. The first-order valence-electron chi connectivity index (χ1n) is 24.2. The summed E-state index contributed by atoms with van der Waals surface area (Å²) in [5, 5.41) is 2.21. The zero-order valence-corrected chi connectivity index (χ0v) is 44.3. The number of rotatable bonds is 3. The van der Waals surface area contributed by atoms with Crippen molar-refractivity contribution in [1.29, 1.82) is 0 Å². The van der Waals surface area contributed by atoms with Crippen molar-refractivity contribution >= 4 is 49.9 Å². The molecule has 0 saturated carbocycles. The molecular weight excluding hydrogens is 1030 g/mol. The average molecular weight is 1090 g/mol. The van der Waals surface area contributed by atoms with Crippen molar-refractivity contribution in [3.05, 3.63) is 179 Å². The van der Waals surface area contributed by atoms with Crippen molar-refractivity contribution in [2.45, 2.75) is 110 Å². The second-order valence-electron chi connectivity index (χ2n) is 23.6. The molecule has 7 heteroatoms. The Morgan fingerprint density at radius 1 is 0.609 bits per heavy atom. The first-order chi connectivity index (χ1) is 32.1. The summed E-state index contributed by atoms with van der Waals surface area (Å²) >= 11 is 0. The van der Waals surface area contributed by atoms with E-state index in [9.17, 15) is 0 Å². The molecule has 3 aliphatic rings. The van der Waals surface area contributed by atoms with Gasteiger partial charge in [0.05, 0.1) is 11.0 Å². The second-order valence-corrected chi connectivity index (χ2v) is 23.6. The number of imidazole rings is 1. The molecule has 0 amide bonds. The molecule has 0 unspecified atom stereocenters. The van der Waals surface area contributed by atoms with Gasteiger partial charge < -0.3 is 24.1 Å². The topological polar surface area (TPSA) is 49.3 Å². The number of nitrogens with zero attached hydrogens (tertiary/aromatic N) is 4. The molecule has 0 atom stereocenters. The molecule has 7 aromatic carbocycles. The number of aromatic nitrogens is 3. The summed E-state index contributed by atoms with van der Waals surface area (Å²) in [7, 11) is 2.16. The van der Waals surface area contributed by atoms with E-state index in [2.05, 4.69) is 219 Å². The number of benzene rings is 7. The van der Waals surface area contributed by atoms with E-state index in [1.165, 1.54) is 67.0 Å². The summed E-state index contributed by atoms with van der Waals surface area (Å²) in [4.78, 5) is 13.2. The fourth-order valence-corrected chi connectivity index (χ4v) is 11.5. The van der Waals surface area contributed by atoms with E-state index in [1.54, 1.807) is 0 Å². The van der Waals surface area contributed by atoms with Crippen molar-refractivity contribution < 1.29 is 25.8 Å². The quantitative estimate of drug-likeness (QED) is 0.179. The van der Waals surface area contributed by atoms with Crippen LogP contribution in [0.25, 0.3) is 49.9 Å². The number of anilines is 3. The number of ether oxygens (including phenoxy) is 1. The first kappa shape index (κ1) is 45.3. The summed E-state index contributed by atoms with van der Waals surface area (Å²) in [6.45, 7) is 30.7. The molecule has 352 valence electrons. The van der Waals surface area contributed by atoms with E-state index in [1.807, 2.05) is 24.3 Å². The zero-order valence-electron chi connectivity index (χ0n) is 42.1. The molecule has 4 heterocycles. The van der Waals surface area contributed by atoms with Crippen molar-refractivity contribution in [1.82, 2.24) is 14.5 Å². The third-order valence-electron chi connectivity index (χ3n) is 14.9. The normalized spacial score (nSPS) is 14.9. The van der Waals surface area contributed by atoms with E-state index < -0.39 is 5.41 Å². The van der Waals surface area contributed by atoms with Gasteiger partial charge in [-0.2, -0.15) is 18.8 Å². The Morgan fingerprint density at radius 2 is 1.22 bits per heavy atom. The molecule has 0 bridgehead atoms. The third kappa shape index (κ3) is 6.57. The van der Waals surface area contributed by atoms with Gasteiger partial charge in [-0.05, 0) is 108 Å². The maximum atomic E-state index is 6.97. The summed E-state index contributed by atoms with van der Waals surface area (Å²) < 4.78 is 9.13. The molecule has 0 fully saturated rings. The van der Waals surface area contributed by atoms with Gasteiger partial charge in [0.1, 0.15) is 0 Å². The second kappa shape index (κ2) is 15.0. The standard InChI is InChI=1S/C62H60N5O.Pt/c1-58(2,3)36-29-42-43-30-37(59(4,5)6)32-47(61(10,11)12)55(43)62(54(42)46(31-36)60(7,8)9)44-28-26-39(34-53(44)66-35-65(13)51-24-18-20-45(62)56(51)66)68-38-25-27-41-40-19-14-17-23-50(40)67(52(41)33-38)57-63-48-21-15-16-22-49(48)64-57;/h14-32,35H,1-13H3,(H,63,64);/q-3;. The van der Waals surface area contributed by atoms with Crippen LogP contribution >= 0.6 is 0 Å². The molecule has 2 aliphatic heterocycles. The van der Waals surface area contributed by atoms with Gasteiger partial charge in [0, 0.05) is 54.9 Å². The van der Waals surface area contributed by atoms with Crippen LogP contribution in [0.4, 0.5) is 17.1 Å². The van der Waals surface area contributed by atoms with Crippen LogP contribution in [0.15, 0.2) is 115 Å². The van der Waals surface area contributed by atoms with E-state index in [0.717, 1.165) is 44.5 Å². The minimum Gasteiger partial charge on any atom is -0.509 e. The van der Waals surface area contributed by atoms with Gasteiger partial charge in [0.25, 0.3) is 0 Å². The van der Waals surface area contributed by atoms with Crippen LogP contribution in [-0.4, -0.2) is 21.6 Å². The molecule has 69 heavy (non-hydrogen) atoms.